The number of benzene rings is 1. The molecule has 1 aromatic carbocycles. The van der Waals surface area contributed by atoms with E-state index < -0.39 is 0 Å². The fourth-order valence-corrected chi connectivity index (χ4v) is 3.94. The number of ketones is 1. The first-order valence-corrected chi connectivity index (χ1v) is 8.39. The van der Waals surface area contributed by atoms with Gasteiger partial charge in [-0.05, 0) is 36.5 Å². The van der Waals surface area contributed by atoms with Gasteiger partial charge in [0.15, 0.2) is 0 Å². The molecule has 3 heteroatoms. The number of carbonyl (C=O) groups is 1. The van der Waals surface area contributed by atoms with E-state index in [0.29, 0.717) is 12.2 Å². The zero-order valence-electron chi connectivity index (χ0n) is 12.0. The summed E-state index contributed by atoms with van der Waals surface area (Å²) in [7, 11) is 0. The van der Waals surface area contributed by atoms with Gasteiger partial charge in [-0.1, -0.05) is 35.7 Å². The minimum absolute atomic E-state index is 0.266. The van der Waals surface area contributed by atoms with Crippen molar-refractivity contribution in [3.63, 3.8) is 0 Å². The number of carbonyl (C=O) groups excluding carboxylic acids is 1. The average molecular weight is 337 g/mol. The molecule has 1 heterocycles. The van der Waals surface area contributed by atoms with E-state index in [0.717, 1.165) is 47.6 Å². The van der Waals surface area contributed by atoms with E-state index in [1.165, 1.54) is 18.4 Å². The van der Waals surface area contributed by atoms with Crippen LogP contribution in [0.5, 0.6) is 5.75 Å². The van der Waals surface area contributed by atoms with Crippen molar-refractivity contribution in [3.05, 3.63) is 27.7 Å². The molecule has 108 valence electrons. The van der Waals surface area contributed by atoms with Crippen molar-refractivity contribution >= 4 is 21.7 Å². The maximum Gasteiger partial charge on any atom is 0.140 e. The van der Waals surface area contributed by atoms with Gasteiger partial charge in [-0.2, -0.15) is 0 Å². The third-order valence-corrected chi connectivity index (χ3v) is 5.12. The second-order valence-electron chi connectivity index (χ2n) is 6.25. The Morgan fingerprint density at radius 3 is 2.80 bits per heavy atom. The standard InChI is InChI=1S/C17H21BrO2/c1-11-2-4-12(5-3-11)16(19)10-14-9-15(18)8-13-6-7-20-17(13)14/h8-9,11-12H,2-7,10H2,1H3. The highest BCUT2D eigenvalue weighted by molar-refractivity contribution is 9.10. The molecule has 1 fully saturated rings. The molecule has 2 nitrogen and oxygen atoms in total. The third-order valence-electron chi connectivity index (χ3n) is 4.66. The van der Waals surface area contributed by atoms with Crippen LogP contribution in [0.4, 0.5) is 0 Å². The monoisotopic (exact) mass is 336 g/mol. The lowest BCUT2D eigenvalue weighted by atomic mass is 9.79. The Bertz CT molecular complexity index is 516. The molecule has 20 heavy (non-hydrogen) atoms. The van der Waals surface area contributed by atoms with E-state index >= 15 is 0 Å². The smallest absolute Gasteiger partial charge is 0.140 e. The lowest BCUT2D eigenvalue weighted by Crippen LogP contribution is -2.22. The fourth-order valence-electron chi connectivity index (χ4n) is 3.39. The van der Waals surface area contributed by atoms with Crippen molar-refractivity contribution in [2.75, 3.05) is 6.61 Å². The summed E-state index contributed by atoms with van der Waals surface area (Å²) in [6.07, 6.45) is 6.01. The predicted octanol–water partition coefficient (Wildman–Crippen LogP) is 4.32. The van der Waals surface area contributed by atoms with E-state index in [1.807, 2.05) is 6.07 Å². The van der Waals surface area contributed by atoms with Crippen LogP contribution in [0, 0.1) is 11.8 Å². The van der Waals surface area contributed by atoms with Gasteiger partial charge in [0.1, 0.15) is 11.5 Å². The first kappa shape index (κ1) is 14.1. The number of ether oxygens (including phenoxy) is 1. The van der Waals surface area contributed by atoms with Crippen LogP contribution in [0.3, 0.4) is 0 Å². The van der Waals surface area contributed by atoms with E-state index in [1.54, 1.807) is 0 Å². The van der Waals surface area contributed by atoms with E-state index in [4.69, 9.17) is 4.74 Å². The van der Waals surface area contributed by atoms with Gasteiger partial charge in [-0.3, -0.25) is 4.79 Å². The Labute approximate surface area is 129 Å². The summed E-state index contributed by atoms with van der Waals surface area (Å²) < 4.78 is 6.77. The molecular weight excluding hydrogens is 316 g/mol. The second-order valence-corrected chi connectivity index (χ2v) is 7.17. The molecule has 0 amide bonds. The summed E-state index contributed by atoms with van der Waals surface area (Å²) in [4.78, 5) is 12.5. The Hall–Kier alpha value is -0.830. The highest BCUT2D eigenvalue weighted by Gasteiger charge is 2.26. The van der Waals surface area contributed by atoms with Crippen LogP contribution in [0.15, 0.2) is 16.6 Å². The molecule has 0 N–H and O–H groups in total. The Morgan fingerprint density at radius 2 is 2.05 bits per heavy atom. The van der Waals surface area contributed by atoms with E-state index in [-0.39, 0.29) is 5.92 Å². The molecular formula is C17H21BrO2. The molecule has 0 aromatic heterocycles. The van der Waals surface area contributed by atoms with Gasteiger partial charge >= 0.3 is 0 Å². The molecule has 1 saturated carbocycles. The van der Waals surface area contributed by atoms with Crippen LogP contribution < -0.4 is 4.74 Å². The lowest BCUT2D eigenvalue weighted by Gasteiger charge is -2.25. The number of Topliss-reactive ketones (excluding diaryl/α,β-unsaturated/α-hetero) is 1. The molecule has 0 unspecified atom stereocenters. The van der Waals surface area contributed by atoms with Crippen molar-refractivity contribution in [3.8, 4) is 5.75 Å². The summed E-state index contributed by atoms with van der Waals surface area (Å²) in [5.74, 6) is 2.41. The van der Waals surface area contributed by atoms with Crippen LogP contribution in [0.2, 0.25) is 0 Å². The molecule has 3 rings (SSSR count). The SMILES string of the molecule is CC1CCC(C(=O)Cc2cc(Br)cc3c2OCC3)CC1. The van der Waals surface area contributed by atoms with Crippen molar-refractivity contribution < 1.29 is 9.53 Å². The first-order valence-electron chi connectivity index (χ1n) is 7.60. The largest absolute Gasteiger partial charge is 0.493 e. The molecule has 1 aromatic rings. The van der Waals surface area contributed by atoms with Crippen molar-refractivity contribution in [2.24, 2.45) is 11.8 Å². The average Bonchev–Trinajstić information content (AvgIpc) is 2.87. The van der Waals surface area contributed by atoms with Gasteiger partial charge in [0.25, 0.3) is 0 Å². The highest BCUT2D eigenvalue weighted by atomic mass is 79.9. The van der Waals surface area contributed by atoms with Gasteiger partial charge < -0.3 is 4.74 Å². The number of halogens is 1. The fraction of sp³-hybridized carbons (Fsp3) is 0.588. The summed E-state index contributed by atoms with van der Waals surface area (Å²) in [5, 5.41) is 0. The van der Waals surface area contributed by atoms with E-state index in [2.05, 4.69) is 28.9 Å². The molecule has 1 aliphatic carbocycles. The summed E-state index contributed by atoms with van der Waals surface area (Å²) in [5.41, 5.74) is 2.30. The van der Waals surface area contributed by atoms with E-state index in [9.17, 15) is 4.79 Å². The summed E-state index contributed by atoms with van der Waals surface area (Å²) >= 11 is 3.54. The third kappa shape index (κ3) is 2.93. The normalized spacial score (nSPS) is 25.1. The van der Waals surface area contributed by atoms with Crippen molar-refractivity contribution in [1.29, 1.82) is 0 Å². The number of hydrogen-bond donors (Lipinski definition) is 0. The minimum Gasteiger partial charge on any atom is -0.493 e. The Balaban J connectivity index is 1.73. The van der Waals surface area contributed by atoms with Crippen LogP contribution >= 0.6 is 15.9 Å². The zero-order chi connectivity index (χ0) is 14.1. The first-order chi connectivity index (χ1) is 9.63. The van der Waals surface area contributed by atoms with Crippen LogP contribution in [-0.4, -0.2) is 12.4 Å². The number of hydrogen-bond acceptors (Lipinski definition) is 2. The second kappa shape index (κ2) is 5.88. The van der Waals surface area contributed by atoms with Gasteiger partial charge in [0, 0.05) is 28.8 Å². The highest BCUT2D eigenvalue weighted by Crippen LogP contribution is 2.35. The van der Waals surface area contributed by atoms with Gasteiger partial charge in [-0.15, -0.1) is 0 Å². The Morgan fingerprint density at radius 1 is 1.30 bits per heavy atom. The zero-order valence-corrected chi connectivity index (χ0v) is 13.5. The van der Waals surface area contributed by atoms with Crippen molar-refractivity contribution in [2.45, 2.75) is 45.4 Å². The molecule has 0 atom stereocenters. The summed E-state index contributed by atoms with van der Waals surface area (Å²) in [6, 6.07) is 4.16. The molecule has 0 bridgehead atoms. The van der Waals surface area contributed by atoms with Crippen LogP contribution in [-0.2, 0) is 17.6 Å². The molecule has 0 radical (unpaired) electrons. The maximum atomic E-state index is 12.5. The van der Waals surface area contributed by atoms with Gasteiger partial charge in [0.2, 0.25) is 0 Å². The Kier molecular flexibility index (Phi) is 4.16. The maximum absolute atomic E-state index is 12.5. The number of rotatable bonds is 3. The number of fused-ring (bicyclic) bond motifs is 1. The van der Waals surface area contributed by atoms with Crippen molar-refractivity contribution in [1.82, 2.24) is 0 Å². The molecule has 1 aliphatic heterocycles. The minimum atomic E-state index is 0.266. The lowest BCUT2D eigenvalue weighted by molar-refractivity contribution is -0.123. The molecule has 0 saturated heterocycles. The summed E-state index contributed by atoms with van der Waals surface area (Å²) in [6.45, 7) is 3.03. The molecule has 2 aliphatic rings. The van der Waals surface area contributed by atoms with Gasteiger partial charge in [-0.25, -0.2) is 0 Å². The van der Waals surface area contributed by atoms with Crippen LogP contribution in [0.1, 0.15) is 43.7 Å². The van der Waals surface area contributed by atoms with Crippen LogP contribution in [0.25, 0.3) is 0 Å². The predicted molar refractivity (Wildman–Crippen MR) is 83.2 cm³/mol. The molecule has 0 spiro atoms. The topological polar surface area (TPSA) is 26.3 Å². The quantitative estimate of drug-likeness (QED) is 0.821. The van der Waals surface area contributed by atoms with Gasteiger partial charge in [0.05, 0.1) is 6.61 Å².